The molecule has 0 aliphatic heterocycles. The molecule has 0 fully saturated rings. The van der Waals surface area contributed by atoms with Crippen LogP contribution in [-0.4, -0.2) is 4.98 Å². The van der Waals surface area contributed by atoms with Gasteiger partial charge in [0.15, 0.2) is 0 Å². The van der Waals surface area contributed by atoms with E-state index >= 15 is 0 Å². The van der Waals surface area contributed by atoms with E-state index in [1.807, 2.05) is 0 Å². The summed E-state index contributed by atoms with van der Waals surface area (Å²) in [5.41, 5.74) is 1.12. The lowest BCUT2D eigenvalue weighted by Crippen LogP contribution is -2.02. The van der Waals surface area contributed by atoms with E-state index in [0.29, 0.717) is 17.8 Å². The number of hydrogen-bond donors (Lipinski definition) is 1. The number of anilines is 1. The van der Waals surface area contributed by atoms with Gasteiger partial charge in [-0.15, -0.1) is 0 Å². The number of pyridine rings is 1. The van der Waals surface area contributed by atoms with Gasteiger partial charge in [-0.3, -0.25) is 0 Å². The molecule has 2 nitrogen and oxygen atoms in total. The maximum Gasteiger partial charge on any atom is 0.214 e. The summed E-state index contributed by atoms with van der Waals surface area (Å²) >= 11 is 0. The molecule has 0 bridgehead atoms. The van der Waals surface area contributed by atoms with Crippen LogP contribution < -0.4 is 5.32 Å². The minimum Gasteiger partial charge on any atom is -0.381 e. The fraction of sp³-hybridized carbons (Fsp3) is 0.0833. The highest BCUT2D eigenvalue weighted by Crippen LogP contribution is 2.11. The van der Waals surface area contributed by atoms with Gasteiger partial charge in [-0.1, -0.05) is 18.2 Å². The smallest absolute Gasteiger partial charge is 0.214 e. The molecule has 1 aromatic heterocycles. The number of hydrogen-bond acceptors (Lipinski definition) is 2. The Morgan fingerprint density at radius 1 is 1.12 bits per heavy atom. The summed E-state index contributed by atoms with van der Waals surface area (Å²) in [6.07, 6.45) is 1.36. The Morgan fingerprint density at radius 3 is 2.69 bits per heavy atom. The second kappa shape index (κ2) is 4.70. The zero-order chi connectivity index (χ0) is 11.4. The maximum absolute atomic E-state index is 13.2. The van der Waals surface area contributed by atoms with E-state index < -0.39 is 5.95 Å². The molecular formula is C12H10F2N2. The third-order valence-electron chi connectivity index (χ3n) is 2.17. The van der Waals surface area contributed by atoms with E-state index in [1.165, 1.54) is 18.3 Å². The number of nitrogens with zero attached hydrogens (tertiary/aromatic N) is 1. The van der Waals surface area contributed by atoms with E-state index in [2.05, 4.69) is 10.3 Å². The SMILES string of the molecule is Fc1cc(NCc2ccccc2F)ccn1. The molecule has 2 rings (SSSR count). The first-order valence-electron chi connectivity index (χ1n) is 4.84. The van der Waals surface area contributed by atoms with Crippen LogP contribution in [0.1, 0.15) is 5.56 Å². The van der Waals surface area contributed by atoms with Gasteiger partial charge in [0.1, 0.15) is 5.82 Å². The van der Waals surface area contributed by atoms with Crippen LogP contribution in [0.3, 0.4) is 0 Å². The molecule has 0 amide bonds. The summed E-state index contributed by atoms with van der Waals surface area (Å²) in [5, 5.41) is 2.92. The van der Waals surface area contributed by atoms with Gasteiger partial charge in [-0.05, 0) is 12.1 Å². The van der Waals surface area contributed by atoms with E-state index in [1.54, 1.807) is 24.3 Å². The van der Waals surface area contributed by atoms with Gasteiger partial charge in [0.25, 0.3) is 0 Å². The standard InChI is InChI=1S/C12H10F2N2/c13-11-4-2-1-3-9(11)8-16-10-5-6-15-12(14)7-10/h1-7H,8H2,(H,15,16). The fourth-order valence-corrected chi connectivity index (χ4v) is 1.35. The number of aromatic nitrogens is 1. The summed E-state index contributed by atoms with van der Waals surface area (Å²) in [6, 6.07) is 9.35. The van der Waals surface area contributed by atoms with Crippen molar-refractivity contribution in [3.05, 3.63) is 59.9 Å². The van der Waals surface area contributed by atoms with Crippen LogP contribution in [0.5, 0.6) is 0 Å². The Kier molecular flexibility index (Phi) is 3.10. The number of nitrogens with one attached hydrogen (secondary N) is 1. The Morgan fingerprint density at radius 2 is 1.94 bits per heavy atom. The van der Waals surface area contributed by atoms with Crippen molar-refractivity contribution in [1.29, 1.82) is 0 Å². The van der Waals surface area contributed by atoms with Crippen LogP contribution in [0.25, 0.3) is 0 Å². The van der Waals surface area contributed by atoms with Crippen molar-refractivity contribution >= 4 is 5.69 Å². The van der Waals surface area contributed by atoms with Crippen LogP contribution in [0.2, 0.25) is 0 Å². The van der Waals surface area contributed by atoms with Gasteiger partial charge in [0.05, 0.1) is 0 Å². The molecule has 2 aromatic rings. The molecule has 0 saturated heterocycles. The second-order valence-corrected chi connectivity index (χ2v) is 3.31. The maximum atomic E-state index is 13.2. The van der Waals surface area contributed by atoms with Crippen molar-refractivity contribution in [3.63, 3.8) is 0 Å². The predicted molar refractivity (Wildman–Crippen MR) is 57.9 cm³/mol. The number of rotatable bonds is 3. The van der Waals surface area contributed by atoms with Gasteiger partial charge in [-0.25, -0.2) is 9.37 Å². The largest absolute Gasteiger partial charge is 0.381 e. The highest BCUT2D eigenvalue weighted by atomic mass is 19.1. The molecule has 1 aromatic carbocycles. The molecule has 0 spiro atoms. The van der Waals surface area contributed by atoms with Crippen LogP contribution in [0.4, 0.5) is 14.5 Å². The van der Waals surface area contributed by atoms with E-state index in [4.69, 9.17) is 0 Å². The van der Waals surface area contributed by atoms with Crippen LogP contribution >= 0.6 is 0 Å². The summed E-state index contributed by atoms with van der Waals surface area (Å²) in [4.78, 5) is 3.43. The molecule has 82 valence electrons. The van der Waals surface area contributed by atoms with Crippen LogP contribution in [0, 0.1) is 11.8 Å². The van der Waals surface area contributed by atoms with Crippen molar-refractivity contribution in [3.8, 4) is 0 Å². The molecule has 0 unspecified atom stereocenters. The van der Waals surface area contributed by atoms with Crippen molar-refractivity contribution < 1.29 is 8.78 Å². The zero-order valence-corrected chi connectivity index (χ0v) is 8.45. The lowest BCUT2D eigenvalue weighted by Gasteiger charge is -2.06. The molecular weight excluding hydrogens is 210 g/mol. The quantitative estimate of drug-likeness (QED) is 0.804. The molecule has 0 saturated carbocycles. The average molecular weight is 220 g/mol. The second-order valence-electron chi connectivity index (χ2n) is 3.31. The summed E-state index contributed by atoms with van der Waals surface area (Å²) in [7, 11) is 0. The first kappa shape index (κ1) is 10.5. The molecule has 4 heteroatoms. The Balaban J connectivity index is 2.05. The van der Waals surface area contributed by atoms with Crippen molar-refractivity contribution in [2.45, 2.75) is 6.54 Å². The lowest BCUT2D eigenvalue weighted by atomic mass is 10.2. The molecule has 0 aliphatic rings. The first-order chi connectivity index (χ1) is 7.75. The van der Waals surface area contributed by atoms with E-state index in [0.717, 1.165) is 0 Å². The number of benzene rings is 1. The molecule has 1 N–H and O–H groups in total. The molecule has 0 radical (unpaired) electrons. The molecule has 0 atom stereocenters. The summed E-state index contributed by atoms with van der Waals surface area (Å²) < 4.78 is 26.0. The van der Waals surface area contributed by atoms with Crippen LogP contribution in [0.15, 0.2) is 42.6 Å². The van der Waals surface area contributed by atoms with Crippen LogP contribution in [-0.2, 0) is 6.54 Å². The molecule has 0 aliphatic carbocycles. The Bertz CT molecular complexity index is 486. The third-order valence-corrected chi connectivity index (χ3v) is 2.17. The predicted octanol–water partition coefficient (Wildman–Crippen LogP) is 2.97. The Labute approximate surface area is 92.0 Å². The fourth-order valence-electron chi connectivity index (χ4n) is 1.35. The Hall–Kier alpha value is -1.97. The zero-order valence-electron chi connectivity index (χ0n) is 8.45. The van der Waals surface area contributed by atoms with Gasteiger partial charge in [0, 0.05) is 30.1 Å². The van der Waals surface area contributed by atoms with Crippen molar-refractivity contribution in [1.82, 2.24) is 4.98 Å². The average Bonchev–Trinajstić information content (AvgIpc) is 2.28. The van der Waals surface area contributed by atoms with Gasteiger partial charge < -0.3 is 5.32 Å². The molecule has 16 heavy (non-hydrogen) atoms. The highest BCUT2D eigenvalue weighted by molar-refractivity contribution is 5.42. The highest BCUT2D eigenvalue weighted by Gasteiger charge is 2.00. The third kappa shape index (κ3) is 2.53. The van der Waals surface area contributed by atoms with Gasteiger partial charge >= 0.3 is 0 Å². The molecule has 1 heterocycles. The van der Waals surface area contributed by atoms with E-state index in [9.17, 15) is 8.78 Å². The minimum atomic E-state index is -0.557. The van der Waals surface area contributed by atoms with Crippen molar-refractivity contribution in [2.24, 2.45) is 0 Å². The first-order valence-corrected chi connectivity index (χ1v) is 4.84. The van der Waals surface area contributed by atoms with Crippen molar-refractivity contribution in [2.75, 3.05) is 5.32 Å². The number of halogens is 2. The van der Waals surface area contributed by atoms with E-state index in [-0.39, 0.29) is 5.82 Å². The van der Waals surface area contributed by atoms with Gasteiger partial charge in [0.2, 0.25) is 5.95 Å². The lowest BCUT2D eigenvalue weighted by molar-refractivity contribution is 0.584. The minimum absolute atomic E-state index is 0.274. The monoisotopic (exact) mass is 220 g/mol. The normalized spacial score (nSPS) is 10.1. The summed E-state index contributed by atoms with van der Waals surface area (Å²) in [6.45, 7) is 0.316. The summed E-state index contributed by atoms with van der Waals surface area (Å²) in [5.74, 6) is -0.830. The topological polar surface area (TPSA) is 24.9 Å². The van der Waals surface area contributed by atoms with Gasteiger partial charge in [-0.2, -0.15) is 4.39 Å².